The Morgan fingerprint density at radius 1 is 1.21 bits per heavy atom. The monoisotopic (exact) mass is 464 g/mol. The number of aryl methyl sites for hydroxylation is 1. The number of carbonyl (C=O) groups excluding carboxylic acids is 1. The van der Waals surface area contributed by atoms with Crippen LogP contribution >= 0.6 is 11.8 Å². The van der Waals surface area contributed by atoms with Crippen molar-refractivity contribution in [2.45, 2.75) is 57.8 Å². The largest absolute Gasteiger partial charge is 0.483 e. The molecule has 0 bridgehead atoms. The van der Waals surface area contributed by atoms with Crippen LogP contribution in [-0.2, 0) is 16.8 Å². The van der Waals surface area contributed by atoms with Crippen LogP contribution in [0.3, 0.4) is 0 Å². The lowest BCUT2D eigenvalue weighted by Gasteiger charge is -2.20. The highest BCUT2D eigenvalue weighted by Crippen LogP contribution is 2.28. The second-order valence-corrected chi connectivity index (χ2v) is 9.92. The maximum atomic E-state index is 12.4. The minimum Gasteiger partial charge on any atom is -0.483 e. The normalized spacial score (nSPS) is 12.3. The number of aromatic nitrogens is 3. The summed E-state index contributed by atoms with van der Waals surface area (Å²) in [5, 5.41) is 12.2. The number of allylic oxidation sites excluding steroid dienone is 1. The van der Waals surface area contributed by atoms with Gasteiger partial charge in [-0.1, -0.05) is 62.9 Å². The Morgan fingerprint density at radius 3 is 2.58 bits per heavy atom. The number of thioether (sulfide) groups is 1. The molecule has 0 saturated heterocycles. The lowest BCUT2D eigenvalue weighted by atomic mass is 9.87. The van der Waals surface area contributed by atoms with Crippen LogP contribution in [0.4, 0.5) is 5.69 Å². The lowest BCUT2D eigenvalue weighted by Crippen LogP contribution is -2.15. The van der Waals surface area contributed by atoms with Crippen LogP contribution in [0.5, 0.6) is 5.75 Å². The van der Waals surface area contributed by atoms with Crippen LogP contribution < -0.4 is 10.1 Å². The Hall–Kier alpha value is -3.06. The zero-order valence-corrected chi connectivity index (χ0v) is 20.8. The number of anilines is 1. The predicted octanol–water partition coefficient (Wildman–Crippen LogP) is 5.94. The maximum absolute atomic E-state index is 12.4. The van der Waals surface area contributed by atoms with E-state index in [1.54, 1.807) is 6.08 Å². The van der Waals surface area contributed by atoms with Gasteiger partial charge in [0.2, 0.25) is 5.91 Å². The Labute approximate surface area is 200 Å². The van der Waals surface area contributed by atoms with Gasteiger partial charge in [0, 0.05) is 12.2 Å². The summed E-state index contributed by atoms with van der Waals surface area (Å²) in [6.45, 7) is 14.9. The summed E-state index contributed by atoms with van der Waals surface area (Å²) in [6, 6.07) is 15.9. The third-order valence-electron chi connectivity index (χ3n) is 5.09. The molecule has 0 spiro atoms. The molecular formula is C26H32N4O2S. The average Bonchev–Trinajstić information content (AvgIpc) is 3.15. The Bertz CT molecular complexity index is 1100. The Kier molecular flexibility index (Phi) is 7.97. The fraction of sp³-hybridized carbons (Fsp3) is 0.346. The SMILES string of the molecule is C=CCn1c(SCC(=O)Nc2cccc(C)c2)nnc1C(C)Oc1ccc(C(C)(C)C)cc1. The number of benzene rings is 2. The van der Waals surface area contributed by atoms with Crippen molar-refractivity contribution in [1.29, 1.82) is 0 Å². The van der Waals surface area contributed by atoms with Crippen LogP contribution in [0.1, 0.15) is 50.8 Å². The van der Waals surface area contributed by atoms with Gasteiger partial charge >= 0.3 is 0 Å². The van der Waals surface area contributed by atoms with Gasteiger partial charge in [0.15, 0.2) is 17.1 Å². The van der Waals surface area contributed by atoms with E-state index in [-0.39, 0.29) is 23.2 Å². The molecule has 1 amide bonds. The zero-order valence-electron chi connectivity index (χ0n) is 20.0. The molecule has 0 aliphatic carbocycles. The highest BCUT2D eigenvalue weighted by Gasteiger charge is 2.20. The van der Waals surface area contributed by atoms with E-state index in [4.69, 9.17) is 4.74 Å². The molecule has 3 aromatic rings. The first kappa shape index (κ1) is 24.6. The third-order valence-corrected chi connectivity index (χ3v) is 6.05. The molecular weight excluding hydrogens is 432 g/mol. The molecule has 33 heavy (non-hydrogen) atoms. The molecule has 0 saturated carbocycles. The third kappa shape index (κ3) is 6.71. The molecule has 3 rings (SSSR count). The lowest BCUT2D eigenvalue weighted by molar-refractivity contribution is -0.113. The molecule has 0 aliphatic rings. The van der Waals surface area contributed by atoms with Crippen molar-refractivity contribution < 1.29 is 9.53 Å². The fourth-order valence-electron chi connectivity index (χ4n) is 3.35. The molecule has 0 fully saturated rings. The number of ether oxygens (including phenoxy) is 1. The summed E-state index contributed by atoms with van der Waals surface area (Å²) in [5.74, 6) is 1.60. The van der Waals surface area contributed by atoms with Gasteiger partial charge in [-0.05, 0) is 54.7 Å². The molecule has 1 aromatic heterocycles. The zero-order chi connectivity index (χ0) is 24.0. The van der Waals surface area contributed by atoms with E-state index >= 15 is 0 Å². The Balaban J connectivity index is 1.66. The van der Waals surface area contributed by atoms with Crippen molar-refractivity contribution >= 4 is 23.4 Å². The topological polar surface area (TPSA) is 69.0 Å². The number of nitrogens with zero attached hydrogens (tertiary/aromatic N) is 3. The molecule has 0 radical (unpaired) electrons. The summed E-state index contributed by atoms with van der Waals surface area (Å²) in [7, 11) is 0. The molecule has 1 heterocycles. The molecule has 1 atom stereocenters. The van der Waals surface area contributed by atoms with Gasteiger partial charge in [-0.15, -0.1) is 16.8 Å². The van der Waals surface area contributed by atoms with E-state index in [9.17, 15) is 4.79 Å². The van der Waals surface area contributed by atoms with Gasteiger partial charge in [0.25, 0.3) is 0 Å². The molecule has 2 aromatic carbocycles. The van der Waals surface area contributed by atoms with Crippen molar-refractivity contribution in [3.8, 4) is 5.75 Å². The molecule has 7 heteroatoms. The molecule has 0 aliphatic heterocycles. The second kappa shape index (κ2) is 10.7. The van der Waals surface area contributed by atoms with Gasteiger partial charge in [-0.25, -0.2) is 0 Å². The molecule has 1 unspecified atom stereocenters. The summed E-state index contributed by atoms with van der Waals surface area (Å²) in [5.41, 5.74) is 3.22. The number of rotatable bonds is 9. The standard InChI is InChI=1S/C26H32N4O2S/c1-7-15-30-24(19(3)32-22-13-11-20(12-14-22)26(4,5)6)28-29-25(30)33-17-23(31)27-21-10-8-9-18(2)16-21/h7-14,16,19H,1,15,17H2,2-6H3,(H,27,31). The minimum atomic E-state index is -0.312. The van der Waals surface area contributed by atoms with Crippen molar-refractivity contribution in [2.75, 3.05) is 11.1 Å². The summed E-state index contributed by atoms with van der Waals surface area (Å²) in [4.78, 5) is 12.4. The van der Waals surface area contributed by atoms with Gasteiger partial charge in [-0.3, -0.25) is 9.36 Å². The van der Waals surface area contributed by atoms with Crippen molar-refractivity contribution in [2.24, 2.45) is 0 Å². The quantitative estimate of drug-likeness (QED) is 0.313. The molecule has 1 N–H and O–H groups in total. The van der Waals surface area contributed by atoms with E-state index in [0.717, 1.165) is 17.0 Å². The summed E-state index contributed by atoms with van der Waals surface area (Å²) in [6.07, 6.45) is 1.47. The van der Waals surface area contributed by atoms with E-state index < -0.39 is 0 Å². The van der Waals surface area contributed by atoms with Crippen LogP contribution in [0, 0.1) is 6.92 Å². The van der Waals surface area contributed by atoms with Crippen LogP contribution in [0.25, 0.3) is 0 Å². The first-order valence-corrected chi connectivity index (χ1v) is 12.0. The smallest absolute Gasteiger partial charge is 0.234 e. The number of hydrogen-bond donors (Lipinski definition) is 1. The number of nitrogens with one attached hydrogen (secondary N) is 1. The van der Waals surface area contributed by atoms with E-state index in [0.29, 0.717) is 17.5 Å². The number of hydrogen-bond acceptors (Lipinski definition) is 5. The van der Waals surface area contributed by atoms with Crippen LogP contribution in [0.15, 0.2) is 66.3 Å². The maximum Gasteiger partial charge on any atom is 0.234 e. The van der Waals surface area contributed by atoms with Crippen LogP contribution in [0.2, 0.25) is 0 Å². The summed E-state index contributed by atoms with van der Waals surface area (Å²) >= 11 is 1.34. The van der Waals surface area contributed by atoms with Gasteiger partial charge in [0.1, 0.15) is 5.75 Å². The van der Waals surface area contributed by atoms with Gasteiger partial charge in [0.05, 0.1) is 5.75 Å². The fourth-order valence-corrected chi connectivity index (χ4v) is 4.10. The first-order chi connectivity index (χ1) is 15.7. The van der Waals surface area contributed by atoms with E-state index in [2.05, 4.69) is 55.0 Å². The summed E-state index contributed by atoms with van der Waals surface area (Å²) < 4.78 is 8.07. The number of carbonyl (C=O) groups is 1. The molecule has 174 valence electrons. The van der Waals surface area contributed by atoms with E-state index in [1.165, 1.54) is 17.3 Å². The highest BCUT2D eigenvalue weighted by atomic mass is 32.2. The number of amides is 1. The van der Waals surface area contributed by atoms with Crippen molar-refractivity contribution in [1.82, 2.24) is 14.8 Å². The average molecular weight is 465 g/mol. The molecule has 6 nitrogen and oxygen atoms in total. The van der Waals surface area contributed by atoms with Crippen molar-refractivity contribution in [3.63, 3.8) is 0 Å². The Morgan fingerprint density at radius 2 is 1.94 bits per heavy atom. The van der Waals surface area contributed by atoms with Crippen molar-refractivity contribution in [3.05, 3.63) is 78.1 Å². The van der Waals surface area contributed by atoms with Gasteiger partial charge < -0.3 is 10.1 Å². The van der Waals surface area contributed by atoms with Gasteiger partial charge in [-0.2, -0.15) is 0 Å². The van der Waals surface area contributed by atoms with Crippen LogP contribution in [-0.4, -0.2) is 26.4 Å². The first-order valence-electron chi connectivity index (χ1n) is 11.0. The van der Waals surface area contributed by atoms with E-state index in [1.807, 2.05) is 54.8 Å². The highest BCUT2D eigenvalue weighted by molar-refractivity contribution is 7.99. The minimum absolute atomic E-state index is 0.0893. The second-order valence-electron chi connectivity index (χ2n) is 8.98. The predicted molar refractivity (Wildman–Crippen MR) is 135 cm³/mol.